The van der Waals surface area contributed by atoms with Crippen LogP contribution in [0.1, 0.15) is 33.6 Å². The first-order valence-electron chi connectivity index (χ1n) is 4.51. The predicted molar refractivity (Wildman–Crippen MR) is 50.3 cm³/mol. The standard InChI is InChI=1S/C10H16O3/c1-4-6-7-9(8(3)11)10(12)13-5-2/h7H,4-6H2,1-3H3/b9-7+. The summed E-state index contributed by atoms with van der Waals surface area (Å²) in [5.74, 6) is -0.740. The van der Waals surface area contributed by atoms with Gasteiger partial charge in [-0.1, -0.05) is 19.4 Å². The largest absolute Gasteiger partial charge is 0.462 e. The number of carbonyl (C=O) groups excluding carboxylic acids is 2. The molecule has 0 N–H and O–H groups in total. The molecule has 0 aromatic carbocycles. The number of hydrogen-bond donors (Lipinski definition) is 0. The van der Waals surface area contributed by atoms with E-state index in [1.165, 1.54) is 6.92 Å². The van der Waals surface area contributed by atoms with Crippen LogP contribution in [0.25, 0.3) is 0 Å². The van der Waals surface area contributed by atoms with Crippen LogP contribution in [0.4, 0.5) is 0 Å². The normalized spacial score (nSPS) is 11.2. The maximum atomic E-state index is 11.2. The smallest absolute Gasteiger partial charge is 0.341 e. The molecule has 3 heteroatoms. The van der Waals surface area contributed by atoms with Crippen molar-refractivity contribution < 1.29 is 14.3 Å². The molecule has 0 spiro atoms. The van der Waals surface area contributed by atoms with Crippen LogP contribution in [0.5, 0.6) is 0 Å². The first kappa shape index (κ1) is 11.9. The minimum atomic E-state index is -0.511. The summed E-state index contributed by atoms with van der Waals surface area (Å²) in [5, 5.41) is 0. The van der Waals surface area contributed by atoms with Gasteiger partial charge in [-0.15, -0.1) is 0 Å². The third kappa shape index (κ3) is 4.45. The van der Waals surface area contributed by atoms with Crippen LogP contribution in [0.3, 0.4) is 0 Å². The molecule has 13 heavy (non-hydrogen) atoms. The van der Waals surface area contributed by atoms with Gasteiger partial charge < -0.3 is 4.74 Å². The summed E-state index contributed by atoms with van der Waals surface area (Å²) in [5.41, 5.74) is 0.170. The molecule has 0 heterocycles. The molecule has 0 fully saturated rings. The van der Waals surface area contributed by atoms with Crippen LogP contribution < -0.4 is 0 Å². The van der Waals surface area contributed by atoms with Crippen molar-refractivity contribution in [3.05, 3.63) is 11.6 Å². The van der Waals surface area contributed by atoms with E-state index in [0.717, 1.165) is 12.8 Å². The molecular formula is C10H16O3. The zero-order valence-electron chi connectivity index (χ0n) is 8.42. The number of hydrogen-bond acceptors (Lipinski definition) is 3. The van der Waals surface area contributed by atoms with E-state index < -0.39 is 5.97 Å². The molecule has 0 aromatic heterocycles. The Hall–Kier alpha value is -1.12. The Bertz CT molecular complexity index is 216. The second-order valence-corrected chi connectivity index (χ2v) is 2.68. The van der Waals surface area contributed by atoms with Gasteiger partial charge in [-0.25, -0.2) is 4.79 Å². The highest BCUT2D eigenvalue weighted by atomic mass is 16.5. The van der Waals surface area contributed by atoms with E-state index in [2.05, 4.69) is 0 Å². The van der Waals surface area contributed by atoms with Crippen molar-refractivity contribution in [1.29, 1.82) is 0 Å². The summed E-state index contributed by atoms with van der Waals surface area (Å²) in [6, 6.07) is 0. The number of unbranched alkanes of at least 4 members (excludes halogenated alkanes) is 1. The molecule has 0 aliphatic rings. The lowest BCUT2D eigenvalue weighted by Crippen LogP contribution is -2.13. The molecular weight excluding hydrogens is 168 g/mol. The lowest BCUT2D eigenvalue weighted by molar-refractivity contribution is -0.139. The van der Waals surface area contributed by atoms with E-state index >= 15 is 0 Å². The molecule has 3 nitrogen and oxygen atoms in total. The minimum Gasteiger partial charge on any atom is -0.462 e. The van der Waals surface area contributed by atoms with Crippen LogP contribution in [-0.2, 0) is 14.3 Å². The third-order valence-electron chi connectivity index (χ3n) is 1.51. The summed E-state index contributed by atoms with van der Waals surface area (Å²) in [6.45, 7) is 5.38. The van der Waals surface area contributed by atoms with Crippen molar-refractivity contribution >= 4 is 11.8 Å². The number of esters is 1. The number of ether oxygens (including phenoxy) is 1. The molecule has 0 unspecified atom stereocenters. The highest BCUT2D eigenvalue weighted by Crippen LogP contribution is 2.03. The molecule has 0 amide bonds. The van der Waals surface area contributed by atoms with E-state index in [9.17, 15) is 9.59 Å². The molecule has 0 radical (unpaired) electrons. The Morgan fingerprint density at radius 3 is 2.31 bits per heavy atom. The van der Waals surface area contributed by atoms with Crippen molar-refractivity contribution in [1.82, 2.24) is 0 Å². The van der Waals surface area contributed by atoms with Crippen molar-refractivity contribution in [2.75, 3.05) is 6.61 Å². The minimum absolute atomic E-state index is 0.170. The average Bonchev–Trinajstić information content (AvgIpc) is 2.05. The van der Waals surface area contributed by atoms with E-state index in [1.807, 2.05) is 6.92 Å². The Morgan fingerprint density at radius 1 is 1.31 bits per heavy atom. The highest BCUT2D eigenvalue weighted by Gasteiger charge is 2.14. The van der Waals surface area contributed by atoms with E-state index in [0.29, 0.717) is 6.61 Å². The van der Waals surface area contributed by atoms with Gasteiger partial charge >= 0.3 is 5.97 Å². The molecule has 0 aromatic rings. The third-order valence-corrected chi connectivity index (χ3v) is 1.51. The SMILES string of the molecule is CCC/C=C(\C(C)=O)C(=O)OCC. The van der Waals surface area contributed by atoms with Gasteiger partial charge in [0.2, 0.25) is 0 Å². The molecule has 0 saturated heterocycles. The Labute approximate surface area is 78.8 Å². The van der Waals surface area contributed by atoms with Crippen LogP contribution in [-0.4, -0.2) is 18.4 Å². The molecule has 0 saturated carbocycles. The Morgan fingerprint density at radius 2 is 1.92 bits per heavy atom. The van der Waals surface area contributed by atoms with Crippen molar-refractivity contribution in [2.45, 2.75) is 33.6 Å². The molecule has 74 valence electrons. The summed E-state index contributed by atoms with van der Waals surface area (Å²) < 4.78 is 4.73. The van der Waals surface area contributed by atoms with Crippen LogP contribution >= 0.6 is 0 Å². The van der Waals surface area contributed by atoms with Gasteiger partial charge in [-0.05, 0) is 20.3 Å². The molecule has 0 bridgehead atoms. The van der Waals surface area contributed by atoms with Gasteiger partial charge in [0, 0.05) is 0 Å². The van der Waals surface area contributed by atoms with Gasteiger partial charge in [-0.3, -0.25) is 4.79 Å². The van der Waals surface area contributed by atoms with Gasteiger partial charge in [0.25, 0.3) is 0 Å². The topological polar surface area (TPSA) is 43.4 Å². The fraction of sp³-hybridized carbons (Fsp3) is 0.600. The quantitative estimate of drug-likeness (QED) is 0.283. The Kier molecular flexibility index (Phi) is 5.85. The van der Waals surface area contributed by atoms with Gasteiger partial charge in [-0.2, -0.15) is 0 Å². The second kappa shape index (κ2) is 6.40. The van der Waals surface area contributed by atoms with E-state index in [1.54, 1.807) is 13.0 Å². The van der Waals surface area contributed by atoms with E-state index in [4.69, 9.17) is 4.74 Å². The van der Waals surface area contributed by atoms with E-state index in [-0.39, 0.29) is 11.4 Å². The highest BCUT2D eigenvalue weighted by molar-refractivity contribution is 6.16. The first-order valence-corrected chi connectivity index (χ1v) is 4.51. The fourth-order valence-corrected chi connectivity index (χ4v) is 0.868. The van der Waals surface area contributed by atoms with Crippen molar-refractivity contribution in [3.8, 4) is 0 Å². The van der Waals surface area contributed by atoms with Crippen LogP contribution in [0, 0.1) is 0 Å². The van der Waals surface area contributed by atoms with Gasteiger partial charge in [0.15, 0.2) is 5.78 Å². The second-order valence-electron chi connectivity index (χ2n) is 2.68. The number of ketones is 1. The monoisotopic (exact) mass is 184 g/mol. The zero-order chi connectivity index (χ0) is 10.3. The molecule has 0 aliphatic carbocycles. The Balaban J connectivity index is 4.41. The van der Waals surface area contributed by atoms with Crippen LogP contribution in [0.2, 0.25) is 0 Å². The molecule has 0 atom stereocenters. The average molecular weight is 184 g/mol. The summed E-state index contributed by atoms with van der Waals surface area (Å²) >= 11 is 0. The van der Waals surface area contributed by atoms with Crippen LogP contribution in [0.15, 0.2) is 11.6 Å². The maximum Gasteiger partial charge on any atom is 0.341 e. The van der Waals surface area contributed by atoms with Gasteiger partial charge in [0.05, 0.1) is 12.2 Å². The zero-order valence-corrected chi connectivity index (χ0v) is 8.42. The number of allylic oxidation sites excluding steroid dienone is 1. The van der Waals surface area contributed by atoms with Gasteiger partial charge in [0.1, 0.15) is 0 Å². The molecule has 0 aliphatic heterocycles. The number of Topliss-reactive ketones (excluding diaryl/α,β-unsaturated/α-hetero) is 1. The first-order chi connectivity index (χ1) is 6.13. The predicted octanol–water partition coefficient (Wildman–Crippen LogP) is 1.86. The fourth-order valence-electron chi connectivity index (χ4n) is 0.868. The summed E-state index contributed by atoms with van der Waals surface area (Å²) in [7, 11) is 0. The summed E-state index contributed by atoms with van der Waals surface area (Å²) in [6.07, 6.45) is 3.28. The van der Waals surface area contributed by atoms with Crippen molar-refractivity contribution in [2.24, 2.45) is 0 Å². The number of rotatable bonds is 5. The van der Waals surface area contributed by atoms with Crippen molar-refractivity contribution in [3.63, 3.8) is 0 Å². The molecule has 0 rings (SSSR count). The maximum absolute atomic E-state index is 11.2. The lowest BCUT2D eigenvalue weighted by atomic mass is 10.1. The lowest BCUT2D eigenvalue weighted by Gasteiger charge is -2.02. The summed E-state index contributed by atoms with van der Waals surface area (Å²) in [4.78, 5) is 22.2. The number of carbonyl (C=O) groups is 2.